The summed E-state index contributed by atoms with van der Waals surface area (Å²) in [6.07, 6.45) is 10.1. The fraction of sp³-hybridized carbons (Fsp3) is 0.550. The van der Waals surface area contributed by atoms with Crippen molar-refractivity contribution in [2.75, 3.05) is 26.7 Å². The molecule has 2 N–H and O–H groups in total. The first-order valence-electron chi connectivity index (χ1n) is 9.37. The Morgan fingerprint density at radius 3 is 2.70 bits per heavy atom. The highest BCUT2D eigenvalue weighted by Gasteiger charge is 2.53. The summed E-state index contributed by atoms with van der Waals surface area (Å²) < 4.78 is 6.24. The third kappa shape index (κ3) is 3.53. The van der Waals surface area contributed by atoms with E-state index in [1.807, 2.05) is 24.5 Å². The van der Waals surface area contributed by atoms with Crippen molar-refractivity contribution in [2.24, 2.45) is 22.6 Å². The molecule has 2 fully saturated rings. The Kier molecular flexibility index (Phi) is 5.99. The first-order valence-corrected chi connectivity index (χ1v) is 9.37. The van der Waals surface area contributed by atoms with E-state index in [1.54, 1.807) is 13.3 Å². The molecule has 2 unspecified atom stereocenters. The van der Waals surface area contributed by atoms with E-state index in [9.17, 15) is 4.79 Å². The van der Waals surface area contributed by atoms with Crippen LogP contribution in [-0.4, -0.2) is 48.7 Å². The van der Waals surface area contributed by atoms with Crippen molar-refractivity contribution >= 4 is 24.5 Å². The lowest BCUT2D eigenvalue weighted by Crippen LogP contribution is -2.59. The van der Waals surface area contributed by atoms with Crippen LogP contribution < -0.4 is 5.73 Å². The van der Waals surface area contributed by atoms with E-state index in [1.165, 1.54) is 12.0 Å². The number of nitrogens with zero attached hydrogens (tertiary/aromatic N) is 3. The van der Waals surface area contributed by atoms with Gasteiger partial charge in [-0.05, 0) is 36.1 Å². The molecule has 27 heavy (non-hydrogen) atoms. The normalized spacial score (nSPS) is 29.9. The van der Waals surface area contributed by atoms with E-state index >= 15 is 0 Å². The smallest absolute Gasteiger partial charge is 0.267 e. The molecule has 0 radical (unpaired) electrons. The van der Waals surface area contributed by atoms with Crippen LogP contribution in [0.3, 0.4) is 0 Å². The second-order valence-corrected chi connectivity index (χ2v) is 7.63. The Balaban J connectivity index is 0.00000210. The Labute approximate surface area is 166 Å². The number of aliphatic imine (C=N–C) groups is 1. The minimum Gasteiger partial charge on any atom is -0.373 e. The molecule has 1 aliphatic carbocycles. The molecule has 1 aromatic heterocycles. The number of carbonyl (C=O) groups is 1. The van der Waals surface area contributed by atoms with Gasteiger partial charge in [0.05, 0.1) is 0 Å². The number of halogens is 1. The van der Waals surface area contributed by atoms with Crippen molar-refractivity contribution in [2.45, 2.75) is 31.3 Å². The number of ether oxygens (including phenoxy) is 1. The molecule has 4 rings (SSSR count). The predicted octanol–water partition coefficient (Wildman–Crippen LogP) is 2.53. The van der Waals surface area contributed by atoms with E-state index in [0.29, 0.717) is 17.5 Å². The number of amides is 1. The lowest BCUT2D eigenvalue weighted by molar-refractivity contribution is -0.167. The van der Waals surface area contributed by atoms with Crippen LogP contribution in [0.5, 0.6) is 0 Å². The monoisotopic (exact) mass is 390 g/mol. The number of hydrogen-bond acceptors (Lipinski definition) is 5. The van der Waals surface area contributed by atoms with Crippen molar-refractivity contribution in [1.82, 2.24) is 9.88 Å². The van der Waals surface area contributed by atoms with Crippen LogP contribution >= 0.6 is 12.4 Å². The number of hydrogen-bond donors (Lipinski definition) is 1. The second-order valence-electron chi connectivity index (χ2n) is 7.63. The quantitative estimate of drug-likeness (QED) is 0.837. The van der Waals surface area contributed by atoms with E-state index in [2.05, 4.69) is 14.9 Å². The molecule has 0 spiro atoms. The average molecular weight is 391 g/mol. The highest BCUT2D eigenvalue weighted by molar-refractivity contribution is 5.90. The standard InChI is InChI=1S/C20H26N4O2.ClH/c1-26-20(15-6-8-23-18(9-15)19(21)25)16-3-2-4-17(20)13-24(12-16)11-14-5-7-22-10-14;/h6-10,16-17H,2-5,11-13H2,1H3,(H2,21,25);1H. The summed E-state index contributed by atoms with van der Waals surface area (Å²) in [6.45, 7) is 2.97. The van der Waals surface area contributed by atoms with E-state index < -0.39 is 5.91 Å². The van der Waals surface area contributed by atoms with Crippen LogP contribution in [0.1, 0.15) is 41.7 Å². The highest BCUT2D eigenvalue weighted by atomic mass is 35.5. The molecular weight excluding hydrogens is 364 g/mol. The van der Waals surface area contributed by atoms with Gasteiger partial charge in [-0.25, -0.2) is 0 Å². The third-order valence-corrected chi connectivity index (χ3v) is 6.22. The molecule has 1 saturated carbocycles. The number of primary amides is 1. The maximum absolute atomic E-state index is 11.6. The summed E-state index contributed by atoms with van der Waals surface area (Å²) in [7, 11) is 1.80. The molecule has 6 nitrogen and oxygen atoms in total. The number of piperidine rings is 1. The van der Waals surface area contributed by atoms with Crippen molar-refractivity contribution in [1.29, 1.82) is 0 Å². The molecule has 1 saturated heterocycles. The van der Waals surface area contributed by atoms with Gasteiger partial charge in [-0.2, -0.15) is 0 Å². The number of nitrogens with two attached hydrogens (primary N) is 1. The Hall–Kier alpha value is -1.76. The third-order valence-electron chi connectivity index (χ3n) is 6.22. The maximum Gasteiger partial charge on any atom is 0.267 e. The largest absolute Gasteiger partial charge is 0.373 e. The van der Waals surface area contributed by atoms with Crippen LogP contribution in [0.4, 0.5) is 0 Å². The summed E-state index contributed by atoms with van der Waals surface area (Å²) in [6, 6.07) is 3.82. The molecule has 3 heterocycles. The van der Waals surface area contributed by atoms with Gasteiger partial charge in [-0.1, -0.05) is 6.42 Å². The van der Waals surface area contributed by atoms with Crippen LogP contribution in [-0.2, 0) is 10.3 Å². The number of fused-ring (bicyclic) bond motifs is 2. The number of rotatable bonds is 5. The van der Waals surface area contributed by atoms with Gasteiger partial charge in [0.15, 0.2) is 0 Å². The molecule has 2 aliphatic heterocycles. The number of carbonyl (C=O) groups excluding carboxylic acids is 1. The van der Waals surface area contributed by atoms with Crippen LogP contribution in [0.2, 0.25) is 0 Å². The number of pyridine rings is 1. The molecule has 3 aliphatic rings. The van der Waals surface area contributed by atoms with Gasteiger partial charge < -0.3 is 10.5 Å². The number of likely N-dealkylation sites (tertiary alicyclic amines) is 1. The zero-order chi connectivity index (χ0) is 18.1. The SMILES string of the molecule is COC1(c2ccnc(C(N)=O)c2)C2CCCC1CN(CC1=CN=CC1)C2.Cl. The summed E-state index contributed by atoms with van der Waals surface area (Å²) in [5, 5.41) is 0. The van der Waals surface area contributed by atoms with Gasteiger partial charge >= 0.3 is 0 Å². The molecule has 7 heteroatoms. The first kappa shape index (κ1) is 20.0. The van der Waals surface area contributed by atoms with Gasteiger partial charge in [0.2, 0.25) is 0 Å². The van der Waals surface area contributed by atoms with Crippen molar-refractivity contribution < 1.29 is 9.53 Å². The van der Waals surface area contributed by atoms with E-state index in [-0.39, 0.29) is 18.0 Å². The summed E-state index contributed by atoms with van der Waals surface area (Å²) in [4.78, 5) is 22.5. The molecular formula is C20H27ClN4O2. The summed E-state index contributed by atoms with van der Waals surface area (Å²) >= 11 is 0. The first-order chi connectivity index (χ1) is 12.6. The highest BCUT2D eigenvalue weighted by Crippen LogP contribution is 2.51. The maximum atomic E-state index is 11.6. The van der Waals surface area contributed by atoms with Crippen LogP contribution in [0.15, 0.2) is 35.1 Å². The summed E-state index contributed by atoms with van der Waals surface area (Å²) in [5.41, 5.74) is 7.84. The lowest BCUT2D eigenvalue weighted by atomic mass is 9.62. The van der Waals surface area contributed by atoms with Gasteiger partial charge in [0.25, 0.3) is 5.91 Å². The zero-order valence-corrected chi connectivity index (χ0v) is 16.5. The van der Waals surface area contributed by atoms with Gasteiger partial charge in [0.1, 0.15) is 11.3 Å². The molecule has 2 atom stereocenters. The molecule has 1 amide bonds. The average Bonchev–Trinajstić information content (AvgIpc) is 3.14. The van der Waals surface area contributed by atoms with Crippen LogP contribution in [0, 0.1) is 11.8 Å². The van der Waals surface area contributed by atoms with Gasteiger partial charge in [-0.3, -0.25) is 19.7 Å². The van der Waals surface area contributed by atoms with Crippen molar-refractivity contribution in [3.8, 4) is 0 Å². The summed E-state index contributed by atoms with van der Waals surface area (Å²) in [5.74, 6) is 0.297. The Bertz CT molecular complexity index is 750. The molecule has 1 aromatic rings. The molecule has 0 aromatic carbocycles. The van der Waals surface area contributed by atoms with E-state index in [0.717, 1.165) is 44.5 Å². The zero-order valence-electron chi connectivity index (χ0n) is 15.6. The minimum absolute atomic E-state index is 0. The second kappa shape index (κ2) is 8.09. The van der Waals surface area contributed by atoms with Crippen LogP contribution in [0.25, 0.3) is 0 Å². The fourth-order valence-corrected chi connectivity index (χ4v) is 5.16. The lowest BCUT2D eigenvalue weighted by Gasteiger charge is -2.55. The number of aromatic nitrogens is 1. The predicted molar refractivity (Wildman–Crippen MR) is 107 cm³/mol. The topological polar surface area (TPSA) is 80.8 Å². The van der Waals surface area contributed by atoms with Gasteiger partial charge in [-0.15, -0.1) is 12.4 Å². The Morgan fingerprint density at radius 1 is 1.37 bits per heavy atom. The number of methoxy groups -OCH3 is 1. The fourth-order valence-electron chi connectivity index (χ4n) is 5.16. The van der Waals surface area contributed by atoms with E-state index in [4.69, 9.17) is 10.5 Å². The van der Waals surface area contributed by atoms with Crippen molar-refractivity contribution in [3.05, 3.63) is 41.4 Å². The van der Waals surface area contributed by atoms with Crippen molar-refractivity contribution in [3.63, 3.8) is 0 Å². The van der Waals surface area contributed by atoms with Gasteiger partial charge in [0, 0.05) is 63.6 Å². The minimum atomic E-state index is -0.492. The molecule has 2 bridgehead atoms. The Morgan fingerprint density at radius 2 is 2.11 bits per heavy atom. The molecule has 146 valence electrons.